The standard InChI is InChI=1S/C9H14FN5/c1-4(2)5(3)11-7-6-8(15-14-7)13-9(10)12-6/h4-5H,1-3H3,(H3,11,12,13,14,15). The average molecular weight is 211 g/mol. The van der Waals surface area contributed by atoms with Gasteiger partial charge in [-0.2, -0.15) is 14.5 Å². The number of imidazole rings is 1. The molecule has 0 aromatic carbocycles. The summed E-state index contributed by atoms with van der Waals surface area (Å²) in [6, 6.07) is 0.260. The van der Waals surface area contributed by atoms with Crippen molar-refractivity contribution in [3.8, 4) is 0 Å². The van der Waals surface area contributed by atoms with Crippen LogP contribution in [0.15, 0.2) is 0 Å². The van der Waals surface area contributed by atoms with E-state index in [1.165, 1.54) is 0 Å². The van der Waals surface area contributed by atoms with Crippen LogP contribution in [0.1, 0.15) is 20.8 Å². The summed E-state index contributed by atoms with van der Waals surface area (Å²) in [5, 5.41) is 9.89. The molecule has 0 aliphatic heterocycles. The molecule has 0 aliphatic rings. The summed E-state index contributed by atoms with van der Waals surface area (Å²) in [5.74, 6) is 1.06. The summed E-state index contributed by atoms with van der Waals surface area (Å²) in [6.07, 6.45) is -0.598. The third-order valence-corrected chi connectivity index (χ3v) is 2.54. The molecule has 2 rings (SSSR count). The first-order valence-corrected chi connectivity index (χ1v) is 4.94. The van der Waals surface area contributed by atoms with E-state index in [2.05, 4.69) is 39.3 Å². The molecule has 5 nitrogen and oxygen atoms in total. The minimum absolute atomic E-state index is 0.260. The van der Waals surface area contributed by atoms with E-state index in [0.717, 1.165) is 0 Å². The highest BCUT2D eigenvalue weighted by molar-refractivity contribution is 5.83. The largest absolute Gasteiger partial charge is 0.364 e. The fourth-order valence-corrected chi connectivity index (χ4v) is 1.24. The minimum Gasteiger partial charge on any atom is -0.364 e. The molecule has 3 N–H and O–H groups in total. The van der Waals surface area contributed by atoms with E-state index in [1.54, 1.807) is 0 Å². The van der Waals surface area contributed by atoms with Gasteiger partial charge in [0, 0.05) is 6.04 Å². The van der Waals surface area contributed by atoms with Gasteiger partial charge in [0.1, 0.15) is 0 Å². The van der Waals surface area contributed by atoms with Gasteiger partial charge in [-0.05, 0) is 12.8 Å². The summed E-state index contributed by atoms with van der Waals surface area (Å²) in [6.45, 7) is 6.26. The maximum absolute atomic E-state index is 12.8. The van der Waals surface area contributed by atoms with Crippen molar-refractivity contribution in [2.24, 2.45) is 5.92 Å². The van der Waals surface area contributed by atoms with Crippen molar-refractivity contribution in [2.75, 3.05) is 5.32 Å². The fraction of sp³-hybridized carbons (Fsp3) is 0.556. The van der Waals surface area contributed by atoms with Crippen LogP contribution in [0.3, 0.4) is 0 Å². The molecule has 1 atom stereocenters. The number of halogens is 1. The Morgan fingerprint density at radius 2 is 2.07 bits per heavy atom. The molecule has 0 bridgehead atoms. The van der Waals surface area contributed by atoms with Crippen molar-refractivity contribution in [2.45, 2.75) is 26.8 Å². The van der Waals surface area contributed by atoms with Crippen LogP contribution < -0.4 is 5.32 Å². The maximum atomic E-state index is 12.8. The second-order valence-electron chi connectivity index (χ2n) is 4.00. The molecule has 0 amide bonds. The lowest BCUT2D eigenvalue weighted by Crippen LogP contribution is -2.21. The second kappa shape index (κ2) is 3.52. The molecule has 6 heteroatoms. The predicted molar refractivity (Wildman–Crippen MR) is 56.1 cm³/mol. The Morgan fingerprint density at radius 3 is 2.73 bits per heavy atom. The quantitative estimate of drug-likeness (QED) is 0.726. The van der Waals surface area contributed by atoms with Gasteiger partial charge < -0.3 is 5.32 Å². The number of H-pyrrole nitrogens is 2. The van der Waals surface area contributed by atoms with Crippen molar-refractivity contribution < 1.29 is 4.39 Å². The lowest BCUT2D eigenvalue weighted by atomic mass is 10.1. The second-order valence-corrected chi connectivity index (χ2v) is 4.00. The molecule has 15 heavy (non-hydrogen) atoms. The van der Waals surface area contributed by atoms with E-state index >= 15 is 0 Å². The molecular formula is C9H14FN5. The highest BCUT2D eigenvalue weighted by Crippen LogP contribution is 2.19. The molecule has 2 heterocycles. The maximum Gasteiger partial charge on any atom is 0.288 e. The number of hydrogen-bond acceptors (Lipinski definition) is 3. The van der Waals surface area contributed by atoms with Gasteiger partial charge in [-0.15, -0.1) is 0 Å². The highest BCUT2D eigenvalue weighted by atomic mass is 19.1. The molecule has 0 saturated heterocycles. The number of anilines is 1. The number of fused-ring (bicyclic) bond motifs is 1. The molecule has 2 aromatic heterocycles. The zero-order valence-corrected chi connectivity index (χ0v) is 8.93. The van der Waals surface area contributed by atoms with E-state index in [4.69, 9.17) is 0 Å². The van der Waals surface area contributed by atoms with E-state index < -0.39 is 6.08 Å². The molecule has 0 saturated carbocycles. The monoisotopic (exact) mass is 211 g/mol. The van der Waals surface area contributed by atoms with E-state index in [0.29, 0.717) is 22.9 Å². The van der Waals surface area contributed by atoms with Crippen LogP contribution in [-0.4, -0.2) is 26.2 Å². The third kappa shape index (κ3) is 1.79. The Kier molecular flexibility index (Phi) is 2.34. The summed E-state index contributed by atoms with van der Waals surface area (Å²) < 4.78 is 12.8. The minimum atomic E-state index is -0.598. The first kappa shape index (κ1) is 9.95. The van der Waals surface area contributed by atoms with Gasteiger partial charge in [-0.3, -0.25) is 10.1 Å². The van der Waals surface area contributed by atoms with Crippen molar-refractivity contribution >= 4 is 17.0 Å². The zero-order valence-electron chi connectivity index (χ0n) is 8.93. The van der Waals surface area contributed by atoms with Crippen LogP contribution >= 0.6 is 0 Å². The number of hydrogen-bond donors (Lipinski definition) is 3. The molecule has 82 valence electrons. The Morgan fingerprint density at radius 1 is 1.33 bits per heavy atom. The average Bonchev–Trinajstić information content (AvgIpc) is 2.66. The van der Waals surface area contributed by atoms with E-state index in [9.17, 15) is 4.39 Å². The normalized spacial score (nSPS) is 13.7. The Labute approximate surface area is 86.5 Å². The van der Waals surface area contributed by atoms with Crippen molar-refractivity contribution in [1.29, 1.82) is 0 Å². The Hall–Kier alpha value is -1.59. The molecule has 2 aromatic rings. The first-order chi connectivity index (χ1) is 7.08. The molecule has 0 radical (unpaired) electrons. The van der Waals surface area contributed by atoms with Gasteiger partial charge in [0.2, 0.25) is 0 Å². The Bertz CT molecular complexity index is 458. The molecular weight excluding hydrogens is 197 g/mol. The van der Waals surface area contributed by atoms with Gasteiger partial charge >= 0.3 is 0 Å². The lowest BCUT2D eigenvalue weighted by molar-refractivity contribution is 0.552. The predicted octanol–water partition coefficient (Wildman–Crippen LogP) is 1.88. The smallest absolute Gasteiger partial charge is 0.288 e. The molecule has 0 aliphatic carbocycles. The van der Waals surface area contributed by atoms with Crippen LogP contribution in [0.25, 0.3) is 11.2 Å². The van der Waals surface area contributed by atoms with E-state index in [1.807, 2.05) is 6.92 Å². The van der Waals surface area contributed by atoms with Crippen LogP contribution in [0.5, 0.6) is 0 Å². The highest BCUT2D eigenvalue weighted by Gasteiger charge is 2.14. The number of aromatic amines is 2. The Balaban J connectivity index is 2.27. The summed E-state index contributed by atoms with van der Waals surface area (Å²) in [5.41, 5.74) is 1.02. The first-order valence-electron chi connectivity index (χ1n) is 4.94. The number of nitrogens with one attached hydrogen (secondary N) is 3. The van der Waals surface area contributed by atoms with Crippen LogP contribution in [0, 0.1) is 12.0 Å². The van der Waals surface area contributed by atoms with Crippen LogP contribution in [0.4, 0.5) is 10.2 Å². The van der Waals surface area contributed by atoms with Gasteiger partial charge in [-0.25, -0.2) is 0 Å². The zero-order chi connectivity index (χ0) is 11.0. The van der Waals surface area contributed by atoms with Gasteiger partial charge in [0.05, 0.1) is 0 Å². The SMILES string of the molecule is CC(C)C(C)Nc1n[nH]c2[nH]c(F)nc12. The van der Waals surface area contributed by atoms with Gasteiger partial charge in [-0.1, -0.05) is 13.8 Å². The third-order valence-electron chi connectivity index (χ3n) is 2.54. The van der Waals surface area contributed by atoms with Crippen molar-refractivity contribution in [3.05, 3.63) is 6.08 Å². The van der Waals surface area contributed by atoms with Crippen molar-refractivity contribution in [1.82, 2.24) is 20.2 Å². The van der Waals surface area contributed by atoms with Crippen molar-refractivity contribution in [3.63, 3.8) is 0 Å². The number of nitrogens with zero attached hydrogens (tertiary/aromatic N) is 2. The van der Waals surface area contributed by atoms with Crippen LogP contribution in [0.2, 0.25) is 0 Å². The summed E-state index contributed by atoms with van der Waals surface area (Å²) in [7, 11) is 0. The number of aromatic nitrogens is 4. The van der Waals surface area contributed by atoms with E-state index in [-0.39, 0.29) is 6.04 Å². The molecule has 0 fully saturated rings. The number of rotatable bonds is 3. The van der Waals surface area contributed by atoms with Gasteiger partial charge in [0.25, 0.3) is 6.08 Å². The lowest BCUT2D eigenvalue weighted by Gasteiger charge is -2.16. The van der Waals surface area contributed by atoms with Crippen LogP contribution in [-0.2, 0) is 0 Å². The summed E-state index contributed by atoms with van der Waals surface area (Å²) >= 11 is 0. The molecule has 1 unspecified atom stereocenters. The molecule has 0 spiro atoms. The van der Waals surface area contributed by atoms with Gasteiger partial charge in [0.15, 0.2) is 17.0 Å². The fourth-order valence-electron chi connectivity index (χ4n) is 1.24. The topological polar surface area (TPSA) is 69.4 Å². The summed E-state index contributed by atoms with van der Waals surface area (Å²) in [4.78, 5) is 6.15.